The third-order valence-electron chi connectivity index (χ3n) is 18.0. The van der Waals surface area contributed by atoms with Gasteiger partial charge in [0, 0.05) is 50.9 Å². The van der Waals surface area contributed by atoms with Crippen molar-refractivity contribution in [2.24, 2.45) is 5.92 Å². The first-order valence-corrected chi connectivity index (χ1v) is 34.3. The topological polar surface area (TPSA) is 689 Å². The number of carbonyl (C=O) groups excluding carboxylic acids is 6. The van der Waals surface area contributed by atoms with E-state index in [4.69, 9.17) is 71.6 Å². The number of nitrogen functional groups attached to an aromatic ring is 1. The Morgan fingerprint density at radius 2 is 1.26 bits per heavy atom. The Kier molecular flexibility index (Phi) is 30.0. The van der Waals surface area contributed by atoms with E-state index in [1.54, 1.807) is 0 Å². The molecule has 0 aliphatic carbocycles. The van der Waals surface area contributed by atoms with Crippen LogP contribution in [-0.2, 0) is 106 Å². The van der Waals surface area contributed by atoms with Crippen molar-refractivity contribution in [3.63, 3.8) is 0 Å². The zero-order valence-electron chi connectivity index (χ0n) is 56.4. The monoisotopic (exact) mass is 1550 g/mol. The molecule has 0 spiro atoms. The zero-order chi connectivity index (χ0) is 78.0. The maximum atomic E-state index is 13.3. The number of aromatic nitrogens is 2. The first-order chi connectivity index (χ1) is 50.1. The van der Waals surface area contributed by atoms with Gasteiger partial charge in [-0.15, -0.1) is 0 Å². The van der Waals surface area contributed by atoms with Crippen molar-refractivity contribution in [3.05, 3.63) is 58.1 Å². The quantitative estimate of drug-likeness (QED) is 0.0176. The molecule has 46 heteroatoms. The first kappa shape index (κ1) is 85.2. The summed E-state index contributed by atoms with van der Waals surface area (Å²) in [5.74, 6) is -10.0. The summed E-state index contributed by atoms with van der Waals surface area (Å²) in [6.45, 7) is -1.04. The number of carboxylic acids is 1. The van der Waals surface area contributed by atoms with E-state index in [9.17, 15) is 124 Å². The fraction of sp³-hybridized carbons (Fsp3) is 0.717. The lowest BCUT2D eigenvalue weighted by molar-refractivity contribution is -0.398. The number of ketones is 1. The second kappa shape index (κ2) is 37.3. The minimum absolute atomic E-state index is 0.0802. The predicted molar refractivity (Wildman–Crippen MR) is 333 cm³/mol. The number of hydrogen-bond acceptors (Lipinski definition) is 40. The lowest BCUT2D eigenvalue weighted by Gasteiger charge is -2.49. The summed E-state index contributed by atoms with van der Waals surface area (Å²) in [6.07, 6.45) is -50.9. The molecule has 6 saturated heterocycles. The van der Waals surface area contributed by atoms with Crippen LogP contribution in [-0.4, -0.2) is 333 Å². The predicted octanol–water partition coefficient (Wildman–Crippen LogP) is -11.2. The molecular formula is C60H86N6O39P-. The van der Waals surface area contributed by atoms with Crippen LogP contribution in [0.25, 0.3) is 0 Å². The Balaban J connectivity index is 0.815. The van der Waals surface area contributed by atoms with Gasteiger partial charge in [-0.25, -0.2) is 9.59 Å². The van der Waals surface area contributed by atoms with Crippen molar-refractivity contribution in [3.8, 4) is 0 Å². The second-order valence-corrected chi connectivity index (χ2v) is 26.9. The van der Waals surface area contributed by atoms with Gasteiger partial charge in [0.1, 0.15) is 109 Å². The Morgan fingerprint density at radius 1 is 0.708 bits per heavy atom. The number of carboxylic acid groups (broad SMARTS) is 1. The number of phosphoric acid groups is 1. The van der Waals surface area contributed by atoms with Crippen LogP contribution < -0.4 is 32.3 Å². The summed E-state index contributed by atoms with van der Waals surface area (Å²) in [5, 5.41) is 171. The van der Waals surface area contributed by atoms with Crippen LogP contribution in [0.2, 0.25) is 0 Å². The lowest BCUT2D eigenvalue weighted by Crippen LogP contribution is -2.70. The summed E-state index contributed by atoms with van der Waals surface area (Å²) < 4.78 is 90.4. The van der Waals surface area contributed by atoms with Gasteiger partial charge in [0.2, 0.25) is 24.4 Å². The van der Waals surface area contributed by atoms with Gasteiger partial charge in [-0.3, -0.25) is 37.6 Å². The molecule has 106 heavy (non-hydrogen) atoms. The summed E-state index contributed by atoms with van der Waals surface area (Å²) >= 11 is 0. The van der Waals surface area contributed by atoms with Gasteiger partial charge in [-0.05, 0) is 49.9 Å². The van der Waals surface area contributed by atoms with Crippen LogP contribution in [0.1, 0.15) is 68.6 Å². The molecule has 596 valence electrons. The van der Waals surface area contributed by atoms with Crippen LogP contribution in [0.3, 0.4) is 0 Å². The van der Waals surface area contributed by atoms with E-state index in [0.29, 0.717) is 5.56 Å². The van der Waals surface area contributed by atoms with Crippen molar-refractivity contribution in [1.29, 1.82) is 0 Å². The second-order valence-electron chi connectivity index (χ2n) is 25.5. The third kappa shape index (κ3) is 20.3. The number of nitrogens with two attached hydrogens (primary N) is 1. The maximum absolute atomic E-state index is 13.3. The largest absolute Gasteiger partial charge is 0.756 e. The smallest absolute Gasteiger partial charge is 0.364 e. The van der Waals surface area contributed by atoms with Crippen LogP contribution in [0, 0.1) is 5.92 Å². The number of aliphatic carboxylic acids is 1. The number of carbonyl (C=O) groups is 7. The summed E-state index contributed by atoms with van der Waals surface area (Å²) in [5.41, 5.74) is 5.17. The number of anilines is 1. The SMILES string of the molecule is CC(=O)C[C@H]1C([C@H](O)[C@H](O)CCCc2ccc(C(=O)NCCO[C@@H]3OC(OC=O)[C@@H](O[C@H]4OC(CO)[C@@H](O[C@@H]5OC(OC=O)[C@@H](O[C@H]6OC(CO)[C@@H](O)C(O)[C@@H]6NC(C)=O)C(O)[C@@H]5O)C(O)[C@@H]4NC(C)=O)C(O)[C@@H]3O)cc2)O[C@](OP(=O)([O-])OC[C@H]2O[C@@H](n3ccc(N)nc3=O)C(O)[C@H]2O)(C(=O)O)C[C@H]1O. The lowest BCUT2D eigenvalue weighted by atomic mass is 9.80. The van der Waals surface area contributed by atoms with Crippen LogP contribution in [0.5, 0.6) is 0 Å². The molecule has 8 rings (SSSR count). The van der Waals surface area contributed by atoms with Gasteiger partial charge in [-0.1, -0.05) is 12.1 Å². The Bertz CT molecular complexity index is 3410. The fourth-order valence-electron chi connectivity index (χ4n) is 12.7. The molecule has 1 aromatic carbocycles. The number of amides is 3. The summed E-state index contributed by atoms with van der Waals surface area (Å²) in [4.78, 5) is 116. The Hall–Kier alpha value is -6.46. The Morgan fingerprint density at radius 3 is 1.82 bits per heavy atom. The molecule has 20 N–H and O–H groups in total. The highest BCUT2D eigenvalue weighted by atomic mass is 31.2. The average Bonchev–Trinajstić information content (AvgIpc) is 0.882. The molecule has 7 heterocycles. The van der Waals surface area contributed by atoms with E-state index in [2.05, 4.69) is 20.9 Å². The van der Waals surface area contributed by atoms with Crippen LogP contribution in [0.15, 0.2) is 41.3 Å². The number of aliphatic hydroxyl groups is 14. The number of phosphoric ester groups is 1. The number of ether oxygens (including phenoxy) is 12. The molecule has 6 aliphatic rings. The molecule has 1 aromatic heterocycles. The first-order valence-electron chi connectivity index (χ1n) is 32.8. The van der Waals surface area contributed by atoms with E-state index < -0.39 is 266 Å². The highest BCUT2D eigenvalue weighted by Gasteiger charge is 2.60. The van der Waals surface area contributed by atoms with Gasteiger partial charge < -0.3 is 169 Å². The minimum atomic E-state index is -5.92. The summed E-state index contributed by atoms with van der Waals surface area (Å²) in [6, 6.07) is 3.65. The van der Waals surface area contributed by atoms with E-state index in [-0.39, 0.29) is 50.1 Å². The molecule has 6 fully saturated rings. The van der Waals surface area contributed by atoms with Crippen molar-refractivity contribution in [2.45, 2.75) is 231 Å². The molecule has 0 saturated carbocycles. The number of benzene rings is 1. The molecule has 3 amide bonds. The van der Waals surface area contributed by atoms with Crippen molar-refractivity contribution >= 4 is 56.1 Å². The molecule has 0 radical (unpaired) electrons. The number of aryl methyl sites for hydroxylation is 1. The van der Waals surface area contributed by atoms with Gasteiger partial charge in [-0.2, -0.15) is 4.98 Å². The van der Waals surface area contributed by atoms with Crippen molar-refractivity contribution < 1.29 is 186 Å². The van der Waals surface area contributed by atoms with Crippen LogP contribution in [0.4, 0.5) is 5.82 Å². The average molecular weight is 1550 g/mol. The minimum Gasteiger partial charge on any atom is -0.756 e. The highest BCUT2D eigenvalue weighted by molar-refractivity contribution is 7.46. The van der Waals surface area contributed by atoms with E-state index in [1.807, 2.05) is 0 Å². The highest BCUT2D eigenvalue weighted by Crippen LogP contribution is 2.50. The Labute approximate surface area is 598 Å². The molecule has 0 bridgehead atoms. The van der Waals surface area contributed by atoms with Crippen molar-refractivity contribution in [1.82, 2.24) is 25.5 Å². The number of hydrogen-bond donors (Lipinski definition) is 19. The molecule has 45 nitrogen and oxygen atoms in total. The van der Waals surface area contributed by atoms with Crippen LogP contribution >= 0.6 is 7.82 Å². The van der Waals surface area contributed by atoms with Gasteiger partial charge in [0.05, 0.1) is 44.7 Å². The number of nitrogens with one attached hydrogen (secondary N) is 3. The van der Waals surface area contributed by atoms with Gasteiger partial charge in [0.25, 0.3) is 32.5 Å². The molecule has 6 aliphatic heterocycles. The van der Waals surface area contributed by atoms with E-state index in [0.717, 1.165) is 31.5 Å². The molecule has 11 unspecified atom stereocenters. The number of Topliss-reactive ketones (excluding diaryl/α,β-unsaturated/α-hetero) is 1. The van der Waals surface area contributed by atoms with Gasteiger partial charge in [0.15, 0.2) is 43.6 Å². The summed E-state index contributed by atoms with van der Waals surface area (Å²) in [7, 11) is -5.92. The van der Waals surface area contributed by atoms with Gasteiger partial charge >= 0.3 is 11.7 Å². The standard InChI is InChI=1S/C60H87N6O39P/c1-22(71)15-27-29(75)16-60(58(87)88,105-106(90,91)95-19-32-38(78)43(83)51(96-32)66-13-11-33(61)65-59(66)89)104-46(27)36(76)28(74)6-4-5-25-7-9-26(10-8-25)50(86)62-12-14-92-54-44(84)41(81)48(56(102-54)93-20-69)101-53-35(64-24(3)73)40(80)47(31(18-68)98-53)99-55-45(85)42(82)49(57(103-55)94-21-70)100-52-34(63-23(2)72)39(79)37(77)30(17-67)97-52/h7-11,13,20-21,27-32,34-49,51-57,67-68,74-85H,4-6,12,14-19H2,1-3H3,(H,62,86)(H,63,72)(H,64,73)(H,87,88)(H,90,91)(H2,61,65,89)/p-1/t27-,28-,29-,30?,31?,32-,34+,35+,36-,37-,38+,39?,40?,41?,42?,43?,44+,45+,46?,47-,48+,49+,51-,52-,53-,54-,55-,56?,57?,60-/m1/s1. The number of nitrogens with zero attached hydrogens (tertiary/aromatic N) is 2. The number of rotatable bonds is 34. The molecular weight excluding hydrogens is 1460 g/mol. The maximum Gasteiger partial charge on any atom is 0.364 e. The van der Waals surface area contributed by atoms with Crippen molar-refractivity contribution in [2.75, 3.05) is 38.7 Å². The zero-order valence-corrected chi connectivity index (χ0v) is 57.3. The normalized spacial score (nSPS) is 38.0. The van der Waals surface area contributed by atoms with E-state index in [1.165, 1.54) is 30.3 Å². The molecule has 31 atom stereocenters. The van der Waals surface area contributed by atoms with E-state index >= 15 is 0 Å². The fourth-order valence-corrected chi connectivity index (χ4v) is 13.6. The third-order valence-corrected chi connectivity index (χ3v) is 19.0. The number of aliphatic hydroxyl groups excluding tert-OH is 14. The molecule has 2 aromatic rings.